The van der Waals surface area contributed by atoms with Crippen LogP contribution in [0, 0.1) is 0 Å². The van der Waals surface area contributed by atoms with Crippen LogP contribution in [0.3, 0.4) is 0 Å². The molecule has 2 aliphatic heterocycles. The Morgan fingerprint density at radius 2 is 2.06 bits per heavy atom. The molecule has 160 valence electrons. The predicted molar refractivity (Wildman–Crippen MR) is 117 cm³/mol. The number of rotatable bonds is 3. The molecule has 1 fully saturated rings. The lowest BCUT2D eigenvalue weighted by atomic mass is 10.0. The second-order valence-electron chi connectivity index (χ2n) is 8.19. The molecule has 3 N–H and O–H groups in total. The molecule has 1 aromatic carbocycles. The van der Waals surface area contributed by atoms with Crippen molar-refractivity contribution in [3.05, 3.63) is 47.8 Å². The summed E-state index contributed by atoms with van der Waals surface area (Å²) >= 11 is 0. The molecule has 0 aliphatic carbocycles. The minimum atomic E-state index is -0.132. The lowest BCUT2D eigenvalue weighted by Crippen LogP contribution is -2.43. The number of carbonyl (C=O) groups excluding carboxylic acids is 2. The molecule has 1 saturated heterocycles. The number of aromatic nitrogens is 2. The van der Waals surface area contributed by atoms with Crippen molar-refractivity contribution in [2.24, 2.45) is 0 Å². The van der Waals surface area contributed by atoms with E-state index >= 15 is 0 Å². The number of hydrogen-bond donors (Lipinski definition) is 3. The first-order valence-electron chi connectivity index (χ1n) is 10.6. The fourth-order valence-electron chi connectivity index (χ4n) is 4.21. The quantitative estimate of drug-likeness (QED) is 0.604. The van der Waals surface area contributed by atoms with Crippen LogP contribution in [0.15, 0.2) is 36.7 Å². The molecular formula is C23H25N5O3. The van der Waals surface area contributed by atoms with E-state index in [4.69, 9.17) is 4.74 Å². The van der Waals surface area contributed by atoms with Gasteiger partial charge in [0, 0.05) is 29.4 Å². The largest absolute Gasteiger partial charge is 0.491 e. The Labute approximate surface area is 180 Å². The van der Waals surface area contributed by atoms with Crippen LogP contribution in [0.25, 0.3) is 22.2 Å². The first-order valence-corrected chi connectivity index (χ1v) is 10.6. The van der Waals surface area contributed by atoms with Gasteiger partial charge < -0.3 is 25.3 Å². The van der Waals surface area contributed by atoms with Gasteiger partial charge in [0.1, 0.15) is 18.0 Å². The Morgan fingerprint density at radius 3 is 2.90 bits per heavy atom. The average molecular weight is 419 g/mol. The van der Waals surface area contributed by atoms with Crippen LogP contribution in [0.2, 0.25) is 0 Å². The van der Waals surface area contributed by atoms with Crippen molar-refractivity contribution in [3.8, 4) is 16.9 Å². The second kappa shape index (κ2) is 8.03. The second-order valence-corrected chi connectivity index (χ2v) is 8.19. The highest BCUT2D eigenvalue weighted by Gasteiger charge is 2.21. The molecule has 3 aromatic rings. The van der Waals surface area contributed by atoms with Crippen molar-refractivity contribution in [2.75, 3.05) is 33.3 Å². The number of nitrogens with one attached hydrogen (secondary N) is 3. The van der Waals surface area contributed by atoms with Crippen molar-refractivity contribution in [1.29, 1.82) is 0 Å². The Hall–Kier alpha value is -3.39. The minimum Gasteiger partial charge on any atom is -0.491 e. The number of likely N-dealkylation sites (tertiary alicyclic amines) is 1. The predicted octanol–water partition coefficient (Wildman–Crippen LogP) is 2.18. The molecule has 2 amide bonds. The average Bonchev–Trinajstić information content (AvgIpc) is 3.12. The summed E-state index contributed by atoms with van der Waals surface area (Å²) in [6.45, 7) is 2.89. The summed E-state index contributed by atoms with van der Waals surface area (Å²) in [4.78, 5) is 34.9. The molecule has 0 saturated carbocycles. The summed E-state index contributed by atoms with van der Waals surface area (Å²) in [6.07, 6.45) is 5.39. The van der Waals surface area contributed by atoms with E-state index in [1.807, 2.05) is 24.4 Å². The minimum absolute atomic E-state index is 0.0990. The third kappa shape index (κ3) is 3.86. The van der Waals surface area contributed by atoms with Crippen molar-refractivity contribution in [2.45, 2.75) is 18.9 Å². The molecule has 8 nitrogen and oxygen atoms in total. The van der Waals surface area contributed by atoms with Gasteiger partial charge in [0.25, 0.3) is 11.8 Å². The number of carbonyl (C=O) groups is 2. The van der Waals surface area contributed by atoms with Gasteiger partial charge >= 0.3 is 0 Å². The fraction of sp³-hybridized carbons (Fsp3) is 0.348. The Bertz CT molecular complexity index is 1150. The molecule has 0 unspecified atom stereocenters. The molecule has 5 rings (SSSR count). The number of piperidine rings is 1. The number of H-pyrrole nitrogens is 1. The van der Waals surface area contributed by atoms with Crippen LogP contribution in [-0.4, -0.2) is 66.0 Å². The normalized spacial score (nSPS) is 17.5. The molecule has 8 heteroatoms. The van der Waals surface area contributed by atoms with E-state index in [1.54, 1.807) is 12.3 Å². The van der Waals surface area contributed by atoms with Gasteiger partial charge in [0.05, 0.1) is 17.7 Å². The van der Waals surface area contributed by atoms with Gasteiger partial charge in [-0.2, -0.15) is 0 Å². The van der Waals surface area contributed by atoms with E-state index in [0.29, 0.717) is 35.7 Å². The number of ether oxygens (including phenoxy) is 1. The summed E-state index contributed by atoms with van der Waals surface area (Å²) < 4.78 is 5.75. The van der Waals surface area contributed by atoms with Crippen LogP contribution in [0.4, 0.5) is 0 Å². The third-order valence-corrected chi connectivity index (χ3v) is 6.03. The Balaban J connectivity index is 1.44. The highest BCUT2D eigenvalue weighted by Crippen LogP contribution is 2.33. The first-order chi connectivity index (χ1) is 15.1. The molecule has 4 heterocycles. The summed E-state index contributed by atoms with van der Waals surface area (Å²) in [5.41, 5.74) is 3.58. The number of amides is 2. The zero-order valence-corrected chi connectivity index (χ0v) is 17.4. The van der Waals surface area contributed by atoms with Gasteiger partial charge in [-0.1, -0.05) is 6.07 Å². The van der Waals surface area contributed by atoms with Gasteiger partial charge in [0.2, 0.25) is 0 Å². The smallest absolute Gasteiger partial charge is 0.255 e. The molecule has 0 radical (unpaired) electrons. The maximum Gasteiger partial charge on any atom is 0.255 e. The van der Waals surface area contributed by atoms with Crippen LogP contribution < -0.4 is 15.4 Å². The number of fused-ring (bicyclic) bond motifs is 2. The van der Waals surface area contributed by atoms with E-state index in [-0.39, 0.29) is 17.9 Å². The van der Waals surface area contributed by atoms with Crippen molar-refractivity contribution in [3.63, 3.8) is 0 Å². The van der Waals surface area contributed by atoms with Crippen LogP contribution >= 0.6 is 0 Å². The maximum absolute atomic E-state index is 12.8. The van der Waals surface area contributed by atoms with Gasteiger partial charge in [-0.25, -0.2) is 4.98 Å². The molecule has 0 spiro atoms. The summed E-state index contributed by atoms with van der Waals surface area (Å²) in [7, 11) is 2.10. The molecule has 0 bridgehead atoms. The third-order valence-electron chi connectivity index (χ3n) is 6.03. The molecule has 0 atom stereocenters. The van der Waals surface area contributed by atoms with Gasteiger partial charge in [0.15, 0.2) is 0 Å². The number of pyridine rings is 1. The molecule has 2 aliphatic rings. The van der Waals surface area contributed by atoms with Gasteiger partial charge in [-0.15, -0.1) is 0 Å². The van der Waals surface area contributed by atoms with Crippen LogP contribution in [0.5, 0.6) is 5.75 Å². The van der Waals surface area contributed by atoms with E-state index in [1.165, 1.54) is 0 Å². The lowest BCUT2D eigenvalue weighted by molar-refractivity contribution is 0.0915. The molecule has 2 aromatic heterocycles. The van der Waals surface area contributed by atoms with Gasteiger partial charge in [-0.3, -0.25) is 9.59 Å². The maximum atomic E-state index is 12.8. The SMILES string of the molecule is CN1CCC(NC(=O)c2cnc3[nH]cc(-c4ccc5c(c4)OCCNC5=O)c3c2)CC1. The monoisotopic (exact) mass is 419 g/mol. The van der Waals surface area contributed by atoms with Crippen LogP contribution in [0.1, 0.15) is 33.6 Å². The summed E-state index contributed by atoms with van der Waals surface area (Å²) in [5, 5.41) is 6.81. The highest BCUT2D eigenvalue weighted by atomic mass is 16.5. The van der Waals surface area contributed by atoms with Gasteiger partial charge in [-0.05, 0) is 56.7 Å². The number of aromatic amines is 1. The molecule has 31 heavy (non-hydrogen) atoms. The lowest BCUT2D eigenvalue weighted by Gasteiger charge is -2.29. The zero-order valence-electron chi connectivity index (χ0n) is 17.4. The number of benzene rings is 1. The highest BCUT2D eigenvalue weighted by molar-refractivity contribution is 6.02. The van der Waals surface area contributed by atoms with Crippen molar-refractivity contribution in [1.82, 2.24) is 25.5 Å². The number of nitrogens with zero attached hydrogens (tertiary/aromatic N) is 2. The zero-order chi connectivity index (χ0) is 21.4. The fourth-order valence-corrected chi connectivity index (χ4v) is 4.21. The summed E-state index contributed by atoms with van der Waals surface area (Å²) in [5.74, 6) is 0.330. The molecular weight excluding hydrogens is 394 g/mol. The first kappa shape index (κ1) is 19.6. The van der Waals surface area contributed by atoms with E-state index in [2.05, 4.69) is 32.5 Å². The Kier molecular flexibility index (Phi) is 5.07. The van der Waals surface area contributed by atoms with Crippen LogP contribution in [-0.2, 0) is 0 Å². The van der Waals surface area contributed by atoms with Crippen molar-refractivity contribution >= 4 is 22.8 Å². The summed E-state index contributed by atoms with van der Waals surface area (Å²) in [6, 6.07) is 7.60. The Morgan fingerprint density at radius 1 is 1.23 bits per heavy atom. The van der Waals surface area contributed by atoms with Crippen molar-refractivity contribution < 1.29 is 14.3 Å². The topological polar surface area (TPSA) is 99.3 Å². The number of hydrogen-bond acceptors (Lipinski definition) is 5. The van der Waals surface area contributed by atoms with E-state index < -0.39 is 0 Å². The van der Waals surface area contributed by atoms with E-state index in [9.17, 15) is 9.59 Å². The van der Waals surface area contributed by atoms with E-state index in [0.717, 1.165) is 42.4 Å². The standard InChI is InChI=1S/C23H25N5O3/c1-28-7-4-16(5-8-28)27-22(29)15-10-18-19(13-26-21(18)25-12-15)14-2-3-17-20(11-14)31-9-6-24-23(17)30/h2-3,10-13,16H,4-9H2,1H3,(H,24,30)(H,25,26)(H,27,29).